The fourth-order valence-electron chi connectivity index (χ4n) is 5.10. The molecular formula is C28H26N2O5S. The van der Waals surface area contributed by atoms with Gasteiger partial charge in [-0.3, -0.25) is 14.9 Å². The second-order valence-corrected chi connectivity index (χ2v) is 10.8. The van der Waals surface area contributed by atoms with E-state index in [1.54, 1.807) is 43.3 Å². The van der Waals surface area contributed by atoms with Crippen LogP contribution in [0.15, 0.2) is 82.6 Å². The van der Waals surface area contributed by atoms with Gasteiger partial charge in [0, 0.05) is 28.3 Å². The van der Waals surface area contributed by atoms with Crippen LogP contribution >= 0.6 is 0 Å². The Kier molecular flexibility index (Phi) is 7.16. The molecule has 0 aromatic heterocycles. The molecule has 1 N–H and O–H groups in total. The van der Waals surface area contributed by atoms with E-state index in [1.807, 2.05) is 19.1 Å². The van der Waals surface area contributed by atoms with Gasteiger partial charge < -0.3 is 5.11 Å². The number of carbonyl (C=O) groups excluding carboxylic acids is 1. The smallest absolute Gasteiger partial charge is 0.269 e. The fourth-order valence-corrected chi connectivity index (χ4v) is 6.42. The fraction of sp³-hybridized carbons (Fsp3) is 0.286. The third-order valence-corrected chi connectivity index (χ3v) is 8.60. The largest absolute Gasteiger partial charge is 0.388 e. The van der Waals surface area contributed by atoms with Gasteiger partial charge in [0.05, 0.1) is 39.2 Å². The van der Waals surface area contributed by atoms with Crippen LogP contribution in [-0.4, -0.2) is 20.0 Å². The molecule has 1 aliphatic rings. The van der Waals surface area contributed by atoms with Crippen molar-refractivity contribution in [2.45, 2.75) is 48.0 Å². The van der Waals surface area contributed by atoms with Gasteiger partial charge in [0.15, 0.2) is 0 Å². The molecule has 1 fully saturated rings. The number of nitriles is 1. The first kappa shape index (κ1) is 25.4. The molecule has 0 amide bonds. The van der Waals surface area contributed by atoms with E-state index in [9.17, 15) is 29.5 Å². The highest BCUT2D eigenvalue weighted by atomic mass is 32.2. The number of Topliss-reactive ketones (excluding diaryl/α,β-unsaturated/α-hetero) is 1. The maximum atomic E-state index is 13.6. The monoisotopic (exact) mass is 502 g/mol. The van der Waals surface area contributed by atoms with Crippen LogP contribution in [0.2, 0.25) is 0 Å². The maximum absolute atomic E-state index is 13.6. The molecule has 0 unspecified atom stereocenters. The van der Waals surface area contributed by atoms with Gasteiger partial charge in [-0.1, -0.05) is 35.9 Å². The molecule has 0 radical (unpaired) electrons. The zero-order valence-corrected chi connectivity index (χ0v) is 20.8. The molecule has 0 spiro atoms. The molecule has 3 aromatic carbocycles. The number of nitro benzene ring substituents is 1. The molecular weight excluding hydrogens is 476 g/mol. The number of aliphatic hydroxyl groups is 1. The van der Waals surface area contributed by atoms with Gasteiger partial charge in [0.2, 0.25) is 0 Å². The van der Waals surface area contributed by atoms with E-state index in [4.69, 9.17) is 0 Å². The molecule has 0 heterocycles. The van der Waals surface area contributed by atoms with E-state index >= 15 is 0 Å². The van der Waals surface area contributed by atoms with Crippen LogP contribution < -0.4 is 0 Å². The summed E-state index contributed by atoms with van der Waals surface area (Å²) in [6.45, 7) is 3.68. The number of non-ortho nitro benzene ring substituents is 1. The number of carbonyl (C=O) groups is 1. The third kappa shape index (κ3) is 4.60. The lowest BCUT2D eigenvalue weighted by Crippen LogP contribution is -2.38. The molecule has 1 saturated carbocycles. The van der Waals surface area contributed by atoms with E-state index < -0.39 is 39.1 Å². The number of ketones is 1. The predicted molar refractivity (Wildman–Crippen MR) is 135 cm³/mol. The molecule has 0 saturated heterocycles. The van der Waals surface area contributed by atoms with Crippen molar-refractivity contribution in [2.24, 2.45) is 11.8 Å². The molecule has 4 rings (SSSR count). The Hall–Kier alpha value is -3.67. The van der Waals surface area contributed by atoms with Crippen molar-refractivity contribution >= 4 is 22.3 Å². The minimum absolute atomic E-state index is 0.116. The molecule has 0 bridgehead atoms. The second-order valence-electron chi connectivity index (χ2n) is 9.32. The van der Waals surface area contributed by atoms with E-state index in [0.717, 1.165) is 5.56 Å². The lowest BCUT2D eigenvalue weighted by atomic mass is 9.66. The van der Waals surface area contributed by atoms with Crippen LogP contribution in [0.3, 0.4) is 0 Å². The van der Waals surface area contributed by atoms with Crippen molar-refractivity contribution in [1.82, 2.24) is 0 Å². The minimum Gasteiger partial charge on any atom is -0.388 e. The Morgan fingerprint density at radius 2 is 1.75 bits per heavy atom. The summed E-state index contributed by atoms with van der Waals surface area (Å²) in [6.07, 6.45) is -0.628. The predicted octanol–water partition coefficient (Wildman–Crippen LogP) is 5.18. The Labute approximate surface area is 212 Å². The topological polar surface area (TPSA) is 121 Å². The SMILES string of the molecule is Cc1ccc([S@](=O)c2ccccc2[C@](C)(C#N)[C@H]2CCC(=O)[C@@H]2[C@H](O)c2ccc([N+](=O)[O-])cc2)cc1. The number of aryl methyl sites for hydroxylation is 1. The summed E-state index contributed by atoms with van der Waals surface area (Å²) in [7, 11) is -1.55. The van der Waals surface area contributed by atoms with Crippen LogP contribution in [0.5, 0.6) is 0 Å². The van der Waals surface area contributed by atoms with Crippen molar-refractivity contribution in [3.05, 3.63) is 99.6 Å². The van der Waals surface area contributed by atoms with Gasteiger partial charge in [-0.2, -0.15) is 5.26 Å². The lowest BCUT2D eigenvalue weighted by molar-refractivity contribution is -0.384. The minimum atomic E-state index is -1.55. The van der Waals surface area contributed by atoms with E-state index in [1.165, 1.54) is 24.3 Å². The molecule has 5 atom stereocenters. The van der Waals surface area contributed by atoms with E-state index in [0.29, 0.717) is 27.3 Å². The summed E-state index contributed by atoms with van der Waals surface area (Å²) in [4.78, 5) is 24.6. The Morgan fingerprint density at radius 1 is 1.11 bits per heavy atom. The Morgan fingerprint density at radius 3 is 2.36 bits per heavy atom. The number of nitrogens with zero attached hydrogens (tertiary/aromatic N) is 2. The number of benzene rings is 3. The standard InChI is InChI=1S/C28H26N2O5S/c1-18-7-13-21(14-8-18)36(35)25-6-4-3-5-22(25)28(2,17-29)23-15-16-24(31)26(23)27(32)19-9-11-20(12-10-19)30(33)34/h3-14,23,26-27,32H,15-16H2,1-2H3/t23-,26+,27+,28-,36-/m0/s1. The van der Waals surface area contributed by atoms with Crippen LogP contribution in [-0.2, 0) is 21.0 Å². The van der Waals surface area contributed by atoms with Crippen LogP contribution in [0.4, 0.5) is 5.69 Å². The quantitative estimate of drug-likeness (QED) is 0.351. The first-order chi connectivity index (χ1) is 17.2. The van der Waals surface area contributed by atoms with E-state index in [2.05, 4.69) is 6.07 Å². The van der Waals surface area contributed by atoms with Crippen molar-refractivity contribution in [3.8, 4) is 6.07 Å². The number of hydrogen-bond acceptors (Lipinski definition) is 6. The van der Waals surface area contributed by atoms with Gasteiger partial charge >= 0.3 is 0 Å². The zero-order chi connectivity index (χ0) is 26.0. The number of aliphatic hydroxyl groups excluding tert-OH is 1. The molecule has 0 aliphatic heterocycles. The first-order valence-electron chi connectivity index (χ1n) is 11.6. The number of nitro groups is 1. The molecule has 1 aliphatic carbocycles. The highest BCUT2D eigenvalue weighted by Gasteiger charge is 2.51. The summed E-state index contributed by atoms with van der Waals surface area (Å²) in [6, 6.07) is 22.2. The van der Waals surface area contributed by atoms with Crippen molar-refractivity contribution < 1.29 is 19.0 Å². The lowest BCUT2D eigenvalue weighted by Gasteiger charge is -2.36. The van der Waals surface area contributed by atoms with Crippen molar-refractivity contribution in [3.63, 3.8) is 0 Å². The Balaban J connectivity index is 1.74. The van der Waals surface area contributed by atoms with Crippen molar-refractivity contribution in [1.29, 1.82) is 5.26 Å². The summed E-state index contributed by atoms with van der Waals surface area (Å²) in [5.41, 5.74) is 0.651. The normalized spacial score (nSPS) is 20.8. The summed E-state index contributed by atoms with van der Waals surface area (Å²) >= 11 is 0. The van der Waals surface area contributed by atoms with Crippen LogP contribution in [0.1, 0.15) is 42.6 Å². The van der Waals surface area contributed by atoms with Gasteiger partial charge in [0.25, 0.3) is 5.69 Å². The first-order valence-corrected chi connectivity index (χ1v) is 12.8. The van der Waals surface area contributed by atoms with Gasteiger partial charge in [-0.05, 0) is 67.6 Å². The highest BCUT2D eigenvalue weighted by Crippen LogP contribution is 2.49. The number of rotatable bonds is 7. The van der Waals surface area contributed by atoms with Gasteiger partial charge in [-0.25, -0.2) is 4.21 Å². The molecule has 3 aromatic rings. The molecule has 8 heteroatoms. The van der Waals surface area contributed by atoms with Crippen molar-refractivity contribution in [2.75, 3.05) is 0 Å². The summed E-state index contributed by atoms with van der Waals surface area (Å²) < 4.78 is 13.6. The molecule has 36 heavy (non-hydrogen) atoms. The molecule has 184 valence electrons. The summed E-state index contributed by atoms with van der Waals surface area (Å²) in [5.74, 6) is -1.59. The molecule has 7 nitrogen and oxygen atoms in total. The maximum Gasteiger partial charge on any atom is 0.269 e. The average molecular weight is 503 g/mol. The highest BCUT2D eigenvalue weighted by molar-refractivity contribution is 7.85. The second kappa shape index (κ2) is 10.1. The Bertz CT molecular complexity index is 1360. The average Bonchev–Trinajstić information content (AvgIpc) is 3.29. The van der Waals surface area contributed by atoms with Crippen LogP contribution in [0.25, 0.3) is 0 Å². The number of hydrogen-bond donors (Lipinski definition) is 1. The third-order valence-electron chi connectivity index (χ3n) is 7.15. The zero-order valence-electron chi connectivity index (χ0n) is 20.0. The van der Waals surface area contributed by atoms with Crippen LogP contribution in [0, 0.1) is 40.2 Å². The van der Waals surface area contributed by atoms with E-state index in [-0.39, 0.29) is 17.9 Å². The summed E-state index contributed by atoms with van der Waals surface area (Å²) in [5, 5.41) is 32.7. The van der Waals surface area contributed by atoms with Gasteiger partial charge in [-0.15, -0.1) is 0 Å². The van der Waals surface area contributed by atoms with Gasteiger partial charge in [0.1, 0.15) is 5.78 Å².